The Labute approximate surface area is 169 Å². The summed E-state index contributed by atoms with van der Waals surface area (Å²) in [6.45, 7) is 19.2. The molecule has 8 heteroatoms. The van der Waals surface area contributed by atoms with Crippen LogP contribution in [0.5, 0.6) is 0 Å². The zero-order valence-electron chi connectivity index (χ0n) is 16.3. The second-order valence-corrected chi connectivity index (χ2v) is 8.25. The quantitative estimate of drug-likeness (QED) is 0.224. The van der Waals surface area contributed by atoms with Gasteiger partial charge in [0.1, 0.15) is 0 Å². The third-order valence-electron chi connectivity index (χ3n) is 3.48. The second-order valence-electron chi connectivity index (χ2n) is 5.75. The molecule has 0 radical (unpaired) electrons. The summed E-state index contributed by atoms with van der Waals surface area (Å²) < 4.78 is 33.7. The fourth-order valence-electron chi connectivity index (χ4n) is 2.30. The Morgan fingerprint density at radius 3 is 1.30 bits per heavy atom. The zero-order chi connectivity index (χ0) is 20.3. The summed E-state index contributed by atoms with van der Waals surface area (Å²) in [6.07, 6.45) is 8.75. The van der Waals surface area contributed by atoms with Gasteiger partial charge >= 0.3 is 0 Å². The molecule has 2 atom stereocenters. The molecule has 0 N–H and O–H groups in total. The first-order valence-corrected chi connectivity index (χ1v) is 11.5. The number of rotatable bonds is 20. The van der Waals surface area contributed by atoms with E-state index >= 15 is 0 Å². The second kappa shape index (κ2) is 18.5. The first kappa shape index (κ1) is 26.1. The Hall–Kier alpha value is -0.900. The molecular weight excluding hydrogens is 384 g/mol. The molecular formula is C19H34N2O4S2. The van der Waals surface area contributed by atoms with Crippen LogP contribution in [0.25, 0.3) is 0 Å². The predicted octanol–water partition coefficient (Wildman–Crippen LogP) is 2.43. The Morgan fingerprint density at radius 1 is 0.667 bits per heavy atom. The molecule has 0 aromatic carbocycles. The van der Waals surface area contributed by atoms with Crippen LogP contribution < -0.4 is 0 Å². The fourth-order valence-corrected chi connectivity index (χ4v) is 3.64. The van der Waals surface area contributed by atoms with Gasteiger partial charge in [0.15, 0.2) is 29.0 Å². The van der Waals surface area contributed by atoms with Crippen molar-refractivity contribution < 1.29 is 16.8 Å². The zero-order valence-corrected chi connectivity index (χ0v) is 17.9. The highest BCUT2D eigenvalue weighted by molar-refractivity contribution is 7.80. The van der Waals surface area contributed by atoms with E-state index in [9.17, 15) is 8.42 Å². The highest BCUT2D eigenvalue weighted by Gasteiger charge is 2.07. The number of hydrogen-bond donors (Lipinski definition) is 0. The van der Waals surface area contributed by atoms with Crippen LogP contribution in [-0.4, -0.2) is 75.8 Å². The summed E-state index contributed by atoms with van der Waals surface area (Å²) >= 11 is -2.89. The van der Waals surface area contributed by atoms with Gasteiger partial charge in [0, 0.05) is 26.2 Å². The Balaban J connectivity index is 3.81. The smallest absolute Gasteiger partial charge is 0.178 e. The lowest BCUT2D eigenvalue weighted by Gasteiger charge is -2.18. The van der Waals surface area contributed by atoms with Gasteiger partial charge in [0.05, 0.1) is 11.5 Å². The molecule has 0 rings (SSSR count). The minimum absolute atomic E-state index is 0.231. The molecule has 0 aliphatic heterocycles. The maximum atomic E-state index is 11.8. The molecule has 27 heavy (non-hydrogen) atoms. The van der Waals surface area contributed by atoms with Gasteiger partial charge in [-0.15, -0.1) is 26.3 Å². The topological polar surface area (TPSA) is 59.1 Å². The van der Waals surface area contributed by atoms with Crippen LogP contribution in [0, 0.1) is 0 Å². The molecule has 0 bridgehead atoms. The molecule has 0 spiro atoms. The van der Waals surface area contributed by atoms with Crippen LogP contribution in [0.4, 0.5) is 0 Å². The van der Waals surface area contributed by atoms with Crippen LogP contribution in [0.1, 0.15) is 12.8 Å². The van der Waals surface area contributed by atoms with Gasteiger partial charge in [-0.05, 0) is 25.9 Å². The first-order valence-electron chi connectivity index (χ1n) is 8.98. The third-order valence-corrected chi connectivity index (χ3v) is 5.44. The van der Waals surface area contributed by atoms with Crippen LogP contribution in [0.15, 0.2) is 50.6 Å². The van der Waals surface area contributed by atoms with E-state index in [1.54, 1.807) is 0 Å². The third kappa shape index (κ3) is 15.8. The molecule has 156 valence electrons. The van der Waals surface area contributed by atoms with Crippen LogP contribution in [0.3, 0.4) is 0 Å². The monoisotopic (exact) mass is 418 g/mol. The Morgan fingerprint density at radius 2 is 1.00 bits per heavy atom. The highest BCUT2D eigenvalue weighted by atomic mass is 32.2. The van der Waals surface area contributed by atoms with Gasteiger partial charge in [-0.1, -0.05) is 24.3 Å². The summed E-state index contributed by atoms with van der Waals surface area (Å²) in [5.41, 5.74) is 0. The van der Waals surface area contributed by atoms with Crippen LogP contribution in [-0.2, 0) is 30.5 Å². The number of hydrogen-bond acceptors (Lipinski definition) is 6. The van der Waals surface area contributed by atoms with E-state index in [1.807, 2.05) is 24.3 Å². The average molecular weight is 419 g/mol. The van der Waals surface area contributed by atoms with Gasteiger partial charge in [-0.25, -0.2) is 8.42 Å². The lowest BCUT2D eigenvalue weighted by molar-refractivity contribution is 0.149. The van der Waals surface area contributed by atoms with Crippen LogP contribution in [0.2, 0.25) is 0 Å². The average Bonchev–Trinajstić information content (AvgIpc) is 2.62. The number of nitrogens with zero attached hydrogens (tertiary/aromatic N) is 2. The molecule has 0 aromatic rings. The predicted molar refractivity (Wildman–Crippen MR) is 116 cm³/mol. The van der Waals surface area contributed by atoms with Crippen molar-refractivity contribution >= 4 is 22.2 Å². The maximum Gasteiger partial charge on any atom is 0.178 e. The lowest BCUT2D eigenvalue weighted by atomic mass is 10.4. The normalized spacial score (nSPS) is 13.4. The maximum absolute atomic E-state index is 11.8. The summed E-state index contributed by atoms with van der Waals surface area (Å²) in [7, 11) is 0. The van der Waals surface area contributed by atoms with Gasteiger partial charge in [-0.3, -0.25) is 18.2 Å². The van der Waals surface area contributed by atoms with Crippen molar-refractivity contribution in [2.24, 2.45) is 0 Å². The minimum atomic E-state index is -1.45. The van der Waals surface area contributed by atoms with E-state index in [0.717, 1.165) is 52.1 Å². The van der Waals surface area contributed by atoms with Gasteiger partial charge < -0.3 is 0 Å². The van der Waals surface area contributed by atoms with Gasteiger partial charge in [-0.2, -0.15) is 0 Å². The van der Waals surface area contributed by atoms with Crippen molar-refractivity contribution in [3.05, 3.63) is 50.6 Å². The summed E-state index contributed by atoms with van der Waals surface area (Å²) in [5, 5.41) is 0. The van der Waals surface area contributed by atoms with Crippen molar-refractivity contribution in [1.29, 1.82) is 0 Å². The van der Waals surface area contributed by atoms with Gasteiger partial charge in [0.25, 0.3) is 0 Å². The van der Waals surface area contributed by atoms with Crippen molar-refractivity contribution in [1.82, 2.24) is 9.80 Å². The molecule has 0 aliphatic rings. The standard InChI is InChI=1S/C19H34N2O4S2/c1-5-11-20(12-6-2)15-9-17-26(22)24-19-25-27(23)18-10-16-21(13-7-3)14-8-4/h5-8H,1-4,9-19H2. The molecule has 0 heterocycles. The minimum Gasteiger partial charge on any atom is -0.296 e. The Bertz CT molecular complexity index is 424. The van der Waals surface area contributed by atoms with E-state index in [0.29, 0.717) is 11.5 Å². The summed E-state index contributed by atoms with van der Waals surface area (Å²) in [4.78, 5) is 4.29. The molecule has 0 aromatic heterocycles. The van der Waals surface area contributed by atoms with E-state index in [2.05, 4.69) is 36.1 Å². The largest absolute Gasteiger partial charge is 0.296 e. The summed E-state index contributed by atoms with van der Waals surface area (Å²) in [5.74, 6) is 0.803. The fraction of sp³-hybridized carbons (Fsp3) is 0.579. The molecule has 0 fully saturated rings. The van der Waals surface area contributed by atoms with E-state index < -0.39 is 22.2 Å². The molecule has 0 amide bonds. The molecule has 0 saturated carbocycles. The van der Waals surface area contributed by atoms with E-state index in [4.69, 9.17) is 8.37 Å². The Kier molecular flexibility index (Phi) is 17.8. The van der Waals surface area contributed by atoms with Crippen molar-refractivity contribution in [2.45, 2.75) is 12.8 Å². The summed E-state index contributed by atoms with van der Waals surface area (Å²) in [6, 6.07) is 0. The molecule has 2 unspecified atom stereocenters. The molecule has 0 aliphatic carbocycles. The van der Waals surface area contributed by atoms with Crippen molar-refractivity contribution in [3.63, 3.8) is 0 Å². The highest BCUT2D eigenvalue weighted by Crippen LogP contribution is 1.99. The van der Waals surface area contributed by atoms with Crippen molar-refractivity contribution in [3.8, 4) is 0 Å². The SMILES string of the molecule is C=CCN(CC=C)CCCS(=O)OCOS(=O)CCCN(CC=C)CC=C. The van der Waals surface area contributed by atoms with Gasteiger partial charge in [0.2, 0.25) is 0 Å². The van der Waals surface area contributed by atoms with Crippen LogP contribution >= 0.6 is 0 Å². The molecule has 0 saturated heterocycles. The molecule has 6 nitrogen and oxygen atoms in total. The first-order chi connectivity index (χ1) is 13.1. The van der Waals surface area contributed by atoms with Crippen molar-refractivity contribution in [2.75, 3.05) is 57.6 Å². The lowest BCUT2D eigenvalue weighted by Crippen LogP contribution is -2.26. The van der Waals surface area contributed by atoms with E-state index in [1.165, 1.54) is 0 Å². The van der Waals surface area contributed by atoms with E-state index in [-0.39, 0.29) is 6.79 Å².